The number of aromatic nitrogens is 5. The van der Waals surface area contributed by atoms with Crippen molar-refractivity contribution in [3.8, 4) is 0 Å². The van der Waals surface area contributed by atoms with Gasteiger partial charge in [0.1, 0.15) is 23.8 Å². The topological polar surface area (TPSA) is 109 Å². The lowest BCUT2D eigenvalue weighted by molar-refractivity contribution is 0.0947. The summed E-state index contributed by atoms with van der Waals surface area (Å²) in [6, 6.07) is 0. The Bertz CT molecular complexity index is 1000. The van der Waals surface area contributed by atoms with Crippen molar-refractivity contribution in [2.24, 2.45) is 0 Å². The zero-order chi connectivity index (χ0) is 21.5. The van der Waals surface area contributed by atoms with Gasteiger partial charge in [0.15, 0.2) is 21.5 Å². The highest BCUT2D eigenvalue weighted by atomic mass is 35.5. The molecule has 0 bridgehead atoms. The zero-order valence-corrected chi connectivity index (χ0v) is 18.9. The molecule has 9 nitrogen and oxygen atoms in total. The van der Waals surface area contributed by atoms with E-state index in [0.29, 0.717) is 17.5 Å². The number of halogens is 1. The Balaban J connectivity index is 1.62. The van der Waals surface area contributed by atoms with Crippen LogP contribution in [-0.4, -0.2) is 52.1 Å². The van der Waals surface area contributed by atoms with E-state index in [2.05, 4.69) is 27.1 Å². The van der Waals surface area contributed by atoms with E-state index in [9.17, 15) is 8.42 Å². The van der Waals surface area contributed by atoms with Gasteiger partial charge >= 0.3 is 0 Å². The van der Waals surface area contributed by atoms with Crippen LogP contribution in [0.15, 0.2) is 12.4 Å². The first-order valence-corrected chi connectivity index (χ1v) is 12.1. The molecule has 30 heavy (non-hydrogen) atoms. The summed E-state index contributed by atoms with van der Waals surface area (Å²) < 4.78 is 39.8. The van der Waals surface area contributed by atoms with E-state index in [1.807, 2.05) is 4.57 Å². The molecular weight excluding hydrogens is 430 g/mol. The lowest BCUT2D eigenvalue weighted by atomic mass is 10.2. The van der Waals surface area contributed by atoms with Crippen molar-refractivity contribution in [1.82, 2.24) is 24.7 Å². The normalized spacial score (nSPS) is 22.7. The fourth-order valence-electron chi connectivity index (χ4n) is 3.88. The molecule has 0 amide bonds. The van der Waals surface area contributed by atoms with E-state index in [1.54, 1.807) is 6.92 Å². The molecule has 0 spiro atoms. The maximum Gasteiger partial charge on any atom is 0.163 e. The number of hydrogen-bond donors (Lipinski definition) is 0. The first-order valence-electron chi connectivity index (χ1n) is 10.0. The van der Waals surface area contributed by atoms with Gasteiger partial charge in [0.2, 0.25) is 0 Å². The molecule has 3 heterocycles. The van der Waals surface area contributed by atoms with Crippen molar-refractivity contribution in [3.63, 3.8) is 0 Å². The van der Waals surface area contributed by atoms with Crippen molar-refractivity contribution < 1.29 is 17.9 Å². The van der Waals surface area contributed by atoms with Crippen LogP contribution in [0.1, 0.15) is 69.2 Å². The van der Waals surface area contributed by atoms with Crippen LogP contribution >= 0.6 is 11.6 Å². The molecule has 11 heteroatoms. The third-order valence-corrected chi connectivity index (χ3v) is 8.19. The lowest BCUT2D eigenvalue weighted by Gasteiger charge is -2.23. The lowest BCUT2D eigenvalue weighted by Crippen LogP contribution is -2.31. The van der Waals surface area contributed by atoms with E-state index < -0.39 is 21.2 Å². The van der Waals surface area contributed by atoms with Gasteiger partial charge in [-0.25, -0.2) is 18.4 Å². The molecule has 4 rings (SSSR count). The number of sulfone groups is 1. The summed E-state index contributed by atoms with van der Waals surface area (Å²) in [4.78, 5) is 8.26. The number of rotatable bonds is 8. The summed E-state index contributed by atoms with van der Waals surface area (Å²) in [5.41, 5.74) is -0.154. The van der Waals surface area contributed by atoms with Crippen LogP contribution in [0.25, 0.3) is 0 Å². The first kappa shape index (κ1) is 21.6. The van der Waals surface area contributed by atoms with Crippen molar-refractivity contribution >= 4 is 21.4 Å². The van der Waals surface area contributed by atoms with Gasteiger partial charge in [0.25, 0.3) is 0 Å². The highest BCUT2D eigenvalue weighted by molar-refractivity contribution is 7.91. The monoisotopic (exact) mass is 455 g/mol. The fourth-order valence-corrected chi connectivity index (χ4v) is 5.40. The molecule has 2 fully saturated rings. The molecule has 164 valence electrons. The van der Waals surface area contributed by atoms with Crippen molar-refractivity contribution in [3.05, 3.63) is 34.9 Å². The molecule has 0 aromatic carbocycles. The number of methoxy groups -OCH3 is 1. The molecule has 0 radical (unpaired) electrons. The minimum Gasteiger partial charge on any atom is -0.372 e. The minimum atomic E-state index is -3.65. The molecule has 2 aliphatic rings. The minimum absolute atomic E-state index is 0.127. The smallest absolute Gasteiger partial charge is 0.163 e. The van der Waals surface area contributed by atoms with Crippen molar-refractivity contribution in [1.29, 1.82) is 0 Å². The Hall–Kier alpha value is -1.62. The predicted molar refractivity (Wildman–Crippen MR) is 110 cm³/mol. The Labute approximate surface area is 181 Å². The van der Waals surface area contributed by atoms with E-state index in [-0.39, 0.29) is 23.2 Å². The van der Waals surface area contributed by atoms with Crippen LogP contribution in [0.4, 0.5) is 0 Å². The van der Waals surface area contributed by atoms with Gasteiger partial charge in [0.05, 0.1) is 10.3 Å². The highest BCUT2D eigenvalue weighted by Crippen LogP contribution is 2.46. The van der Waals surface area contributed by atoms with Crippen LogP contribution in [0, 0.1) is 0 Å². The van der Waals surface area contributed by atoms with Crippen LogP contribution in [0.5, 0.6) is 0 Å². The van der Waals surface area contributed by atoms with E-state index in [1.165, 1.54) is 19.5 Å². The number of ether oxygens (including phenoxy) is 2. The number of nitrogens with zero attached hydrogens (tertiary/aromatic N) is 5. The second-order valence-corrected chi connectivity index (χ2v) is 11.0. The summed E-state index contributed by atoms with van der Waals surface area (Å²) in [6.45, 7) is 4.39. The van der Waals surface area contributed by atoms with Gasteiger partial charge in [-0.2, -0.15) is 0 Å². The van der Waals surface area contributed by atoms with Crippen LogP contribution in [0.3, 0.4) is 0 Å². The SMILES string of the molecule is CO[C@H](c1ncc(Cl)cn1)[C@H](C)S(=O)(=O)Cc1nnc([C@@H]2CCCO2)n1C1(C)CC1. The molecule has 1 aliphatic carbocycles. The van der Waals surface area contributed by atoms with Crippen LogP contribution < -0.4 is 0 Å². The van der Waals surface area contributed by atoms with Gasteiger partial charge in [0, 0.05) is 31.6 Å². The molecule has 1 saturated heterocycles. The summed E-state index contributed by atoms with van der Waals surface area (Å²) in [6.07, 6.45) is 5.67. The Kier molecular flexibility index (Phi) is 5.86. The zero-order valence-electron chi connectivity index (χ0n) is 17.3. The van der Waals surface area contributed by atoms with Crippen molar-refractivity contribution in [2.45, 2.75) is 68.3 Å². The molecular formula is C19H26ClN5O4S. The maximum absolute atomic E-state index is 13.3. The third-order valence-electron chi connectivity index (χ3n) is 5.96. The Morgan fingerprint density at radius 2 is 2.03 bits per heavy atom. The van der Waals surface area contributed by atoms with Crippen molar-refractivity contribution in [2.75, 3.05) is 13.7 Å². The summed E-state index contributed by atoms with van der Waals surface area (Å²) in [5.74, 6) is 1.21. The van der Waals surface area contributed by atoms with Gasteiger partial charge in [-0.05, 0) is 39.5 Å². The average molecular weight is 456 g/mol. The Morgan fingerprint density at radius 3 is 2.60 bits per heavy atom. The molecule has 3 atom stereocenters. The third kappa shape index (κ3) is 4.10. The largest absolute Gasteiger partial charge is 0.372 e. The molecule has 1 saturated carbocycles. The molecule has 2 aromatic rings. The maximum atomic E-state index is 13.3. The van der Waals surface area contributed by atoms with Gasteiger partial charge in [-0.15, -0.1) is 10.2 Å². The van der Waals surface area contributed by atoms with Gasteiger partial charge in [-0.3, -0.25) is 0 Å². The quantitative estimate of drug-likeness (QED) is 0.597. The molecule has 1 aliphatic heterocycles. The Morgan fingerprint density at radius 1 is 1.33 bits per heavy atom. The summed E-state index contributed by atoms with van der Waals surface area (Å²) >= 11 is 5.85. The fraction of sp³-hybridized carbons (Fsp3) is 0.684. The average Bonchev–Trinajstić information content (AvgIpc) is 3.12. The number of hydrogen-bond acceptors (Lipinski definition) is 8. The molecule has 2 aromatic heterocycles. The van der Waals surface area contributed by atoms with E-state index in [4.69, 9.17) is 21.1 Å². The van der Waals surface area contributed by atoms with E-state index >= 15 is 0 Å². The summed E-state index contributed by atoms with van der Waals surface area (Å²) in [7, 11) is -2.21. The molecule has 0 unspecified atom stereocenters. The summed E-state index contributed by atoms with van der Waals surface area (Å²) in [5, 5.41) is 8.09. The standard InChI is InChI=1S/C19H26ClN5O4S/c1-12(16(28-3)17-21-9-13(20)10-22-17)30(26,27)11-15-23-24-18(14-5-4-8-29-14)25(15)19(2)6-7-19/h9-10,12,14,16H,4-8,11H2,1-3H3/t12-,14-,16-/m0/s1. The second kappa shape index (κ2) is 8.14. The highest BCUT2D eigenvalue weighted by Gasteiger charge is 2.45. The van der Waals surface area contributed by atoms with Gasteiger partial charge < -0.3 is 14.0 Å². The first-order chi connectivity index (χ1) is 14.2. The van der Waals surface area contributed by atoms with E-state index in [0.717, 1.165) is 31.5 Å². The van der Waals surface area contributed by atoms with Crippen LogP contribution in [0.2, 0.25) is 5.02 Å². The predicted octanol–water partition coefficient (Wildman–Crippen LogP) is 2.77. The second-order valence-electron chi connectivity index (χ2n) is 8.24. The molecule has 0 N–H and O–H groups in total. The van der Waals surface area contributed by atoms with Crippen LogP contribution in [-0.2, 0) is 30.6 Å². The van der Waals surface area contributed by atoms with Gasteiger partial charge in [-0.1, -0.05) is 11.6 Å².